The minimum absolute atomic E-state index is 0.0440. The number of hydrogen-bond acceptors (Lipinski definition) is 3. The molecule has 2 aromatic rings. The topological polar surface area (TPSA) is 55.2 Å². The standard InChI is InChI=1S/C16H21N3O2S/c1-13(15-8-9-15)18(2)22(20,21)16-10-17-19(12-16)11-14-6-4-3-5-7-14/h3-7,10,12-13,15H,8-9,11H2,1-2H3. The van der Waals surface area contributed by atoms with Gasteiger partial charge in [-0.15, -0.1) is 0 Å². The molecule has 1 unspecified atom stereocenters. The zero-order chi connectivity index (χ0) is 15.7. The van der Waals surface area contributed by atoms with Crippen molar-refractivity contribution in [1.29, 1.82) is 0 Å². The summed E-state index contributed by atoms with van der Waals surface area (Å²) in [6.07, 6.45) is 5.29. The Morgan fingerprint density at radius 2 is 2.00 bits per heavy atom. The third kappa shape index (κ3) is 3.08. The van der Waals surface area contributed by atoms with Crippen LogP contribution in [0, 0.1) is 5.92 Å². The molecule has 1 fully saturated rings. The summed E-state index contributed by atoms with van der Waals surface area (Å²) in [5.74, 6) is 0.499. The highest BCUT2D eigenvalue weighted by atomic mass is 32.2. The Hall–Kier alpha value is -1.66. The molecule has 3 rings (SSSR count). The number of benzene rings is 1. The minimum atomic E-state index is -3.46. The maximum absolute atomic E-state index is 12.6. The smallest absolute Gasteiger partial charge is 0.246 e. The summed E-state index contributed by atoms with van der Waals surface area (Å²) in [7, 11) is -1.81. The van der Waals surface area contributed by atoms with Gasteiger partial charge in [-0.25, -0.2) is 8.42 Å². The zero-order valence-electron chi connectivity index (χ0n) is 12.9. The molecule has 1 heterocycles. The molecule has 0 saturated heterocycles. The van der Waals surface area contributed by atoms with E-state index in [0.717, 1.165) is 18.4 Å². The van der Waals surface area contributed by atoms with Gasteiger partial charge in [0.25, 0.3) is 0 Å². The lowest BCUT2D eigenvalue weighted by molar-refractivity contribution is 0.357. The Labute approximate surface area is 131 Å². The van der Waals surface area contributed by atoms with Crippen molar-refractivity contribution in [3.05, 3.63) is 48.3 Å². The van der Waals surface area contributed by atoms with Crippen LogP contribution >= 0.6 is 0 Å². The molecule has 1 aliphatic carbocycles. The lowest BCUT2D eigenvalue weighted by Gasteiger charge is -2.23. The van der Waals surface area contributed by atoms with Crippen LogP contribution < -0.4 is 0 Å². The molecule has 0 bridgehead atoms. The molecule has 5 nitrogen and oxygen atoms in total. The van der Waals surface area contributed by atoms with Gasteiger partial charge in [-0.05, 0) is 31.2 Å². The van der Waals surface area contributed by atoms with E-state index in [2.05, 4.69) is 5.10 Å². The molecule has 1 atom stereocenters. The SMILES string of the molecule is CC(C1CC1)N(C)S(=O)(=O)c1cnn(Cc2ccccc2)c1. The van der Waals surface area contributed by atoms with E-state index in [-0.39, 0.29) is 10.9 Å². The summed E-state index contributed by atoms with van der Waals surface area (Å²) in [5, 5.41) is 4.19. The average molecular weight is 319 g/mol. The fourth-order valence-electron chi connectivity index (χ4n) is 2.60. The van der Waals surface area contributed by atoms with Crippen LogP contribution in [0.15, 0.2) is 47.6 Å². The predicted octanol–water partition coefficient (Wildman–Crippen LogP) is 2.35. The zero-order valence-corrected chi connectivity index (χ0v) is 13.7. The molecule has 0 radical (unpaired) electrons. The van der Waals surface area contributed by atoms with Crippen LogP contribution in [-0.2, 0) is 16.6 Å². The summed E-state index contributed by atoms with van der Waals surface area (Å²) in [6.45, 7) is 2.54. The normalized spacial score (nSPS) is 16.9. The first-order valence-corrected chi connectivity index (χ1v) is 8.97. The first-order chi connectivity index (χ1) is 10.5. The molecule has 0 N–H and O–H groups in total. The van der Waals surface area contributed by atoms with Crippen LogP contribution in [0.2, 0.25) is 0 Å². The largest absolute Gasteiger partial charge is 0.267 e. The number of aromatic nitrogens is 2. The van der Waals surface area contributed by atoms with Crippen molar-refractivity contribution in [2.24, 2.45) is 5.92 Å². The lowest BCUT2D eigenvalue weighted by atomic mass is 10.2. The van der Waals surface area contributed by atoms with E-state index in [9.17, 15) is 8.42 Å². The van der Waals surface area contributed by atoms with Gasteiger partial charge >= 0.3 is 0 Å². The van der Waals surface area contributed by atoms with Gasteiger partial charge in [0, 0.05) is 19.3 Å². The van der Waals surface area contributed by atoms with Crippen molar-refractivity contribution in [1.82, 2.24) is 14.1 Å². The van der Waals surface area contributed by atoms with Crippen molar-refractivity contribution in [3.63, 3.8) is 0 Å². The molecule has 118 valence electrons. The summed E-state index contributed by atoms with van der Waals surface area (Å²) in [6, 6.07) is 9.91. The summed E-state index contributed by atoms with van der Waals surface area (Å²) >= 11 is 0. The van der Waals surface area contributed by atoms with Crippen LogP contribution in [-0.4, -0.2) is 35.6 Å². The van der Waals surface area contributed by atoms with Crippen molar-refractivity contribution in [2.45, 2.75) is 37.2 Å². The summed E-state index contributed by atoms with van der Waals surface area (Å²) in [4.78, 5) is 0.262. The van der Waals surface area contributed by atoms with Gasteiger partial charge in [-0.2, -0.15) is 9.40 Å². The van der Waals surface area contributed by atoms with E-state index in [1.54, 1.807) is 17.9 Å². The fourth-order valence-corrected chi connectivity index (χ4v) is 3.97. The van der Waals surface area contributed by atoms with Gasteiger partial charge in [0.2, 0.25) is 10.0 Å². The number of hydrogen-bond donors (Lipinski definition) is 0. The molecule has 1 aromatic heterocycles. The van der Waals surface area contributed by atoms with Crippen molar-refractivity contribution < 1.29 is 8.42 Å². The number of sulfonamides is 1. The lowest BCUT2D eigenvalue weighted by Crippen LogP contribution is -2.36. The van der Waals surface area contributed by atoms with Crippen molar-refractivity contribution >= 4 is 10.0 Å². The molecule has 0 spiro atoms. The van der Waals surface area contributed by atoms with Gasteiger partial charge in [-0.1, -0.05) is 30.3 Å². The Bertz CT molecular complexity index is 736. The van der Waals surface area contributed by atoms with Crippen molar-refractivity contribution in [3.8, 4) is 0 Å². The Balaban J connectivity index is 1.77. The van der Waals surface area contributed by atoms with E-state index >= 15 is 0 Å². The molecule has 0 aliphatic heterocycles. The second kappa shape index (κ2) is 5.85. The highest BCUT2D eigenvalue weighted by molar-refractivity contribution is 7.89. The van der Waals surface area contributed by atoms with E-state index in [1.807, 2.05) is 37.3 Å². The average Bonchev–Trinajstić information content (AvgIpc) is 3.26. The molecule has 1 aliphatic rings. The first kappa shape index (κ1) is 15.2. The molecule has 0 amide bonds. The Kier molecular flexibility index (Phi) is 4.06. The van der Waals surface area contributed by atoms with Crippen LogP contribution in [0.5, 0.6) is 0 Å². The monoisotopic (exact) mass is 319 g/mol. The summed E-state index contributed by atoms with van der Waals surface area (Å²) < 4.78 is 28.4. The van der Waals surface area contributed by atoms with Crippen LogP contribution in [0.3, 0.4) is 0 Å². The number of nitrogens with zero attached hydrogens (tertiary/aromatic N) is 3. The van der Waals surface area contributed by atoms with E-state index in [4.69, 9.17) is 0 Å². The molecular weight excluding hydrogens is 298 g/mol. The van der Waals surface area contributed by atoms with E-state index in [1.165, 1.54) is 10.5 Å². The van der Waals surface area contributed by atoms with Gasteiger partial charge in [0.1, 0.15) is 4.90 Å². The van der Waals surface area contributed by atoms with Gasteiger partial charge in [-0.3, -0.25) is 4.68 Å². The predicted molar refractivity (Wildman–Crippen MR) is 84.9 cm³/mol. The third-order valence-corrected chi connectivity index (χ3v) is 6.25. The molecular formula is C16H21N3O2S. The summed E-state index contributed by atoms with van der Waals surface area (Å²) in [5.41, 5.74) is 1.09. The third-order valence-electron chi connectivity index (χ3n) is 4.35. The van der Waals surface area contributed by atoms with E-state index < -0.39 is 10.0 Å². The molecule has 1 saturated carbocycles. The molecule has 22 heavy (non-hydrogen) atoms. The maximum atomic E-state index is 12.6. The first-order valence-electron chi connectivity index (χ1n) is 7.53. The quantitative estimate of drug-likeness (QED) is 0.821. The second-order valence-electron chi connectivity index (χ2n) is 5.96. The molecule has 6 heteroatoms. The van der Waals surface area contributed by atoms with Crippen molar-refractivity contribution in [2.75, 3.05) is 7.05 Å². The minimum Gasteiger partial charge on any atom is -0.267 e. The maximum Gasteiger partial charge on any atom is 0.246 e. The fraction of sp³-hybridized carbons (Fsp3) is 0.438. The van der Waals surface area contributed by atoms with Crippen LogP contribution in [0.25, 0.3) is 0 Å². The second-order valence-corrected chi connectivity index (χ2v) is 7.96. The highest BCUT2D eigenvalue weighted by Crippen LogP contribution is 2.36. The Morgan fingerprint density at radius 3 is 2.64 bits per heavy atom. The van der Waals surface area contributed by atoms with Gasteiger partial charge in [0.15, 0.2) is 0 Å². The highest BCUT2D eigenvalue weighted by Gasteiger charge is 2.36. The number of rotatable bonds is 6. The van der Waals surface area contributed by atoms with E-state index in [0.29, 0.717) is 12.5 Å². The van der Waals surface area contributed by atoms with Gasteiger partial charge in [0.05, 0.1) is 12.7 Å². The van der Waals surface area contributed by atoms with Crippen LogP contribution in [0.4, 0.5) is 0 Å². The van der Waals surface area contributed by atoms with Crippen LogP contribution in [0.1, 0.15) is 25.3 Å². The molecule has 1 aromatic carbocycles. The van der Waals surface area contributed by atoms with Gasteiger partial charge < -0.3 is 0 Å². The Morgan fingerprint density at radius 1 is 1.32 bits per heavy atom.